The van der Waals surface area contributed by atoms with Gasteiger partial charge < -0.3 is 14.3 Å². The Morgan fingerprint density at radius 3 is 2.68 bits per heavy atom. The number of carbonyl (C=O) groups is 1. The number of benzene rings is 1. The molecule has 0 fully saturated rings. The van der Waals surface area contributed by atoms with Gasteiger partial charge >= 0.3 is 0 Å². The van der Waals surface area contributed by atoms with Crippen molar-refractivity contribution in [3.8, 4) is 11.3 Å². The highest BCUT2D eigenvalue weighted by Crippen LogP contribution is 2.33. The van der Waals surface area contributed by atoms with Crippen molar-refractivity contribution in [3.63, 3.8) is 0 Å². The molecule has 1 aromatic carbocycles. The van der Waals surface area contributed by atoms with Gasteiger partial charge in [0, 0.05) is 0 Å². The molecule has 0 unspecified atom stereocenters. The molecule has 1 N–H and O–H groups in total. The molecule has 0 atom stereocenters. The molecular formula is C17H15ClFN3O3. The molecule has 0 aliphatic rings. The van der Waals surface area contributed by atoms with Crippen LogP contribution in [0.1, 0.15) is 33.5 Å². The molecule has 8 heteroatoms. The van der Waals surface area contributed by atoms with Gasteiger partial charge in [-0.2, -0.15) is 0 Å². The molecule has 2 heterocycles. The van der Waals surface area contributed by atoms with Gasteiger partial charge in [0.25, 0.3) is 5.91 Å². The maximum absolute atomic E-state index is 14.2. The third-order valence-electron chi connectivity index (χ3n) is 3.76. The topological polar surface area (TPSA) is 81.2 Å². The fourth-order valence-electron chi connectivity index (χ4n) is 2.39. The standard InChI is InChI=1S/C17H15ClFN3O3/c1-8-9(2)24-13(21-8)7-20-17(23)14-10(3)25-22-16(14)15-11(18)5-4-6-12(15)19/h4-6H,7H2,1-3H3,(H,20,23). The zero-order valence-electron chi connectivity index (χ0n) is 13.8. The predicted octanol–water partition coefficient (Wildman–Crippen LogP) is 3.98. The number of nitrogens with zero attached hydrogens (tertiary/aromatic N) is 2. The molecule has 0 saturated carbocycles. The minimum Gasteiger partial charge on any atom is -0.444 e. The smallest absolute Gasteiger partial charge is 0.257 e. The van der Waals surface area contributed by atoms with Crippen LogP contribution >= 0.6 is 11.6 Å². The molecule has 130 valence electrons. The number of hydrogen-bond acceptors (Lipinski definition) is 5. The molecule has 0 radical (unpaired) electrons. The maximum atomic E-state index is 14.2. The Kier molecular flexibility index (Phi) is 4.59. The van der Waals surface area contributed by atoms with E-state index in [0.29, 0.717) is 11.7 Å². The van der Waals surface area contributed by atoms with Crippen molar-refractivity contribution in [1.82, 2.24) is 15.5 Å². The Morgan fingerprint density at radius 2 is 2.04 bits per heavy atom. The molecule has 0 aliphatic carbocycles. The van der Waals surface area contributed by atoms with Crippen LogP contribution < -0.4 is 5.32 Å². The van der Waals surface area contributed by atoms with E-state index in [1.54, 1.807) is 13.8 Å². The summed E-state index contributed by atoms with van der Waals surface area (Å²) in [7, 11) is 0. The summed E-state index contributed by atoms with van der Waals surface area (Å²) in [4.78, 5) is 16.8. The summed E-state index contributed by atoms with van der Waals surface area (Å²) < 4.78 is 24.7. The van der Waals surface area contributed by atoms with E-state index in [1.807, 2.05) is 6.92 Å². The van der Waals surface area contributed by atoms with Crippen LogP contribution in [-0.2, 0) is 6.54 Å². The lowest BCUT2D eigenvalue weighted by Crippen LogP contribution is -2.24. The average molecular weight is 364 g/mol. The first-order valence-corrected chi connectivity index (χ1v) is 7.88. The second-order valence-corrected chi connectivity index (χ2v) is 5.90. The van der Waals surface area contributed by atoms with E-state index in [1.165, 1.54) is 18.2 Å². The third kappa shape index (κ3) is 3.28. The van der Waals surface area contributed by atoms with E-state index in [9.17, 15) is 9.18 Å². The first-order chi connectivity index (χ1) is 11.9. The molecule has 0 spiro atoms. The van der Waals surface area contributed by atoms with Gasteiger partial charge in [-0.1, -0.05) is 22.8 Å². The van der Waals surface area contributed by atoms with Gasteiger partial charge in [-0.3, -0.25) is 4.79 Å². The van der Waals surface area contributed by atoms with Crippen molar-refractivity contribution in [3.05, 3.63) is 57.7 Å². The van der Waals surface area contributed by atoms with E-state index in [-0.39, 0.29) is 34.1 Å². The van der Waals surface area contributed by atoms with Crippen molar-refractivity contribution in [2.75, 3.05) is 0 Å². The summed E-state index contributed by atoms with van der Waals surface area (Å²) in [6, 6.07) is 4.23. The second-order valence-electron chi connectivity index (χ2n) is 5.49. The lowest BCUT2D eigenvalue weighted by molar-refractivity contribution is 0.0946. The van der Waals surface area contributed by atoms with Gasteiger partial charge in [-0.15, -0.1) is 0 Å². The molecule has 0 saturated heterocycles. The van der Waals surface area contributed by atoms with Crippen molar-refractivity contribution in [1.29, 1.82) is 0 Å². The SMILES string of the molecule is Cc1nc(CNC(=O)c2c(-c3c(F)cccc3Cl)noc2C)oc1C. The highest BCUT2D eigenvalue weighted by molar-refractivity contribution is 6.33. The lowest BCUT2D eigenvalue weighted by Gasteiger charge is -2.06. The number of aromatic nitrogens is 2. The molecule has 3 rings (SSSR count). The van der Waals surface area contributed by atoms with Crippen molar-refractivity contribution < 1.29 is 18.1 Å². The molecule has 3 aromatic rings. The van der Waals surface area contributed by atoms with Crippen LogP contribution in [0.15, 0.2) is 27.1 Å². The van der Waals surface area contributed by atoms with Gasteiger partial charge in [0.15, 0.2) is 0 Å². The van der Waals surface area contributed by atoms with Crippen molar-refractivity contribution in [2.24, 2.45) is 0 Å². The van der Waals surface area contributed by atoms with Crippen LogP contribution in [0, 0.1) is 26.6 Å². The number of oxazole rings is 1. The number of halogens is 2. The number of rotatable bonds is 4. The summed E-state index contributed by atoms with van der Waals surface area (Å²) in [6.07, 6.45) is 0. The largest absolute Gasteiger partial charge is 0.444 e. The maximum Gasteiger partial charge on any atom is 0.257 e. The second kappa shape index (κ2) is 6.68. The normalized spacial score (nSPS) is 10.9. The average Bonchev–Trinajstić information content (AvgIpc) is 3.08. The van der Waals surface area contributed by atoms with Crippen LogP contribution in [0.4, 0.5) is 4.39 Å². The van der Waals surface area contributed by atoms with Crippen LogP contribution in [0.3, 0.4) is 0 Å². The van der Waals surface area contributed by atoms with Crippen molar-refractivity contribution in [2.45, 2.75) is 27.3 Å². The summed E-state index contributed by atoms with van der Waals surface area (Å²) in [5.74, 6) is 0.245. The number of hydrogen-bond donors (Lipinski definition) is 1. The zero-order chi connectivity index (χ0) is 18.1. The number of aryl methyl sites for hydroxylation is 3. The van der Waals surface area contributed by atoms with Gasteiger partial charge in [0.05, 0.1) is 22.8 Å². The summed E-state index contributed by atoms with van der Waals surface area (Å²) in [6.45, 7) is 5.25. The first kappa shape index (κ1) is 17.2. The molecule has 6 nitrogen and oxygen atoms in total. The van der Waals surface area contributed by atoms with Gasteiger partial charge in [0.2, 0.25) is 5.89 Å². The lowest BCUT2D eigenvalue weighted by atomic mass is 10.0. The summed E-state index contributed by atoms with van der Waals surface area (Å²) >= 11 is 6.06. The highest BCUT2D eigenvalue weighted by atomic mass is 35.5. The fourth-order valence-corrected chi connectivity index (χ4v) is 2.65. The highest BCUT2D eigenvalue weighted by Gasteiger charge is 2.25. The van der Waals surface area contributed by atoms with Crippen LogP contribution in [0.25, 0.3) is 11.3 Å². The van der Waals surface area contributed by atoms with Crippen LogP contribution in [-0.4, -0.2) is 16.0 Å². The zero-order valence-corrected chi connectivity index (χ0v) is 14.6. The number of amides is 1. The molecule has 0 aliphatic heterocycles. The van der Waals surface area contributed by atoms with Crippen LogP contribution in [0.2, 0.25) is 5.02 Å². The minimum atomic E-state index is -0.589. The molecule has 1 amide bonds. The predicted molar refractivity (Wildman–Crippen MR) is 88.8 cm³/mol. The molecular weight excluding hydrogens is 349 g/mol. The Morgan fingerprint density at radius 1 is 1.28 bits per heavy atom. The fraction of sp³-hybridized carbons (Fsp3) is 0.235. The van der Waals surface area contributed by atoms with Gasteiger partial charge in [0.1, 0.15) is 28.6 Å². The van der Waals surface area contributed by atoms with E-state index < -0.39 is 11.7 Å². The molecule has 0 bridgehead atoms. The van der Waals surface area contributed by atoms with Gasteiger partial charge in [-0.05, 0) is 32.9 Å². The minimum absolute atomic E-state index is 0.0222. The Balaban J connectivity index is 1.90. The quantitative estimate of drug-likeness (QED) is 0.758. The first-order valence-electron chi connectivity index (χ1n) is 7.50. The van der Waals surface area contributed by atoms with E-state index in [0.717, 1.165) is 5.69 Å². The van der Waals surface area contributed by atoms with E-state index >= 15 is 0 Å². The summed E-state index contributed by atoms with van der Waals surface area (Å²) in [5.41, 5.74) is 0.947. The summed E-state index contributed by atoms with van der Waals surface area (Å²) in [5, 5.41) is 6.61. The monoisotopic (exact) mass is 363 g/mol. The third-order valence-corrected chi connectivity index (χ3v) is 4.08. The number of nitrogens with one attached hydrogen (secondary N) is 1. The number of carbonyl (C=O) groups excluding carboxylic acids is 1. The Bertz CT molecular complexity index is 909. The van der Waals surface area contributed by atoms with Crippen molar-refractivity contribution >= 4 is 17.5 Å². The van der Waals surface area contributed by atoms with Crippen LogP contribution in [0.5, 0.6) is 0 Å². The van der Waals surface area contributed by atoms with E-state index in [2.05, 4.69) is 15.5 Å². The van der Waals surface area contributed by atoms with Gasteiger partial charge in [-0.25, -0.2) is 9.37 Å². The molecule has 25 heavy (non-hydrogen) atoms. The van der Waals surface area contributed by atoms with E-state index in [4.69, 9.17) is 20.5 Å². The Labute approximate surface area is 148 Å². The molecule has 2 aromatic heterocycles. The Hall–Kier alpha value is -2.67.